The first-order chi connectivity index (χ1) is 15.0. The zero-order chi connectivity index (χ0) is 23.6. The van der Waals surface area contributed by atoms with Gasteiger partial charge in [-0.2, -0.15) is 0 Å². The van der Waals surface area contributed by atoms with Crippen LogP contribution in [0.5, 0.6) is 0 Å². The van der Waals surface area contributed by atoms with Crippen LogP contribution in [0.2, 0.25) is 0 Å². The van der Waals surface area contributed by atoms with Crippen LogP contribution in [-0.4, -0.2) is 23.2 Å². The van der Waals surface area contributed by atoms with Crippen molar-refractivity contribution in [2.45, 2.75) is 96.7 Å². The molecule has 0 aliphatic carbocycles. The van der Waals surface area contributed by atoms with Gasteiger partial charge < -0.3 is 10.1 Å². The summed E-state index contributed by atoms with van der Waals surface area (Å²) in [5, 5.41) is 3.95. The molecule has 1 fully saturated rings. The van der Waals surface area contributed by atoms with Gasteiger partial charge in [0.1, 0.15) is 6.10 Å². The largest absolute Gasteiger partial charge is 0.458 e. The lowest BCUT2D eigenvalue weighted by molar-refractivity contribution is -0.0495. The van der Waals surface area contributed by atoms with Crippen LogP contribution in [0.3, 0.4) is 0 Å². The maximum absolute atomic E-state index is 13.1. The summed E-state index contributed by atoms with van der Waals surface area (Å²) in [4.78, 5) is 13.1. The second kappa shape index (κ2) is 9.39. The van der Waals surface area contributed by atoms with Crippen molar-refractivity contribution in [3.8, 4) is 0 Å². The van der Waals surface area contributed by atoms with Gasteiger partial charge in [0.15, 0.2) is 0 Å². The van der Waals surface area contributed by atoms with Crippen LogP contribution < -0.4 is 5.32 Å². The molecule has 1 aliphatic rings. The van der Waals surface area contributed by atoms with E-state index in [0.29, 0.717) is 5.56 Å². The smallest absolute Gasteiger partial charge is 0.338 e. The first-order valence-electron chi connectivity index (χ1n) is 12.1. The van der Waals surface area contributed by atoms with E-state index in [1.54, 1.807) is 0 Å². The molecule has 0 radical (unpaired) electrons. The molecule has 1 aliphatic heterocycles. The number of esters is 1. The fourth-order valence-corrected chi connectivity index (χ4v) is 4.91. The van der Waals surface area contributed by atoms with Crippen LogP contribution in [-0.2, 0) is 16.6 Å². The van der Waals surface area contributed by atoms with Crippen molar-refractivity contribution >= 4 is 5.97 Å². The third-order valence-electron chi connectivity index (χ3n) is 7.60. The van der Waals surface area contributed by atoms with Gasteiger partial charge in [-0.25, -0.2) is 4.79 Å². The molecular weight excluding hydrogens is 394 g/mol. The van der Waals surface area contributed by atoms with Gasteiger partial charge in [-0.1, -0.05) is 77.1 Å². The van der Waals surface area contributed by atoms with Crippen molar-refractivity contribution < 1.29 is 9.53 Å². The summed E-state index contributed by atoms with van der Waals surface area (Å²) in [6.07, 6.45) is 3.72. The number of rotatable bonds is 6. The maximum Gasteiger partial charge on any atom is 0.338 e. The van der Waals surface area contributed by atoms with Crippen molar-refractivity contribution in [3.05, 3.63) is 71.3 Å². The first kappa shape index (κ1) is 24.5. The minimum atomic E-state index is -0.215. The van der Waals surface area contributed by atoms with Crippen LogP contribution in [0.1, 0.15) is 89.2 Å². The Hall–Kier alpha value is -2.13. The molecule has 4 atom stereocenters. The number of aryl methyl sites for hydroxylation is 1. The average Bonchev–Trinajstić information content (AvgIpc) is 2.76. The highest BCUT2D eigenvalue weighted by Gasteiger charge is 2.48. The van der Waals surface area contributed by atoms with E-state index in [0.717, 1.165) is 25.7 Å². The Morgan fingerprint density at radius 3 is 2.25 bits per heavy atom. The highest BCUT2D eigenvalue weighted by atomic mass is 16.5. The molecule has 32 heavy (non-hydrogen) atoms. The molecule has 3 rings (SSSR count). The summed E-state index contributed by atoms with van der Waals surface area (Å²) in [5.74, 6) is -0.00305. The van der Waals surface area contributed by atoms with E-state index < -0.39 is 0 Å². The fraction of sp³-hybridized carbons (Fsp3) is 0.552. The summed E-state index contributed by atoms with van der Waals surface area (Å²) < 4.78 is 6.18. The highest BCUT2D eigenvalue weighted by molar-refractivity contribution is 5.89. The fourth-order valence-electron chi connectivity index (χ4n) is 4.91. The Morgan fingerprint density at radius 2 is 1.69 bits per heavy atom. The summed E-state index contributed by atoms with van der Waals surface area (Å²) >= 11 is 0. The number of carbonyl (C=O) groups excluding carboxylic acids is 1. The number of nitrogens with one attached hydrogen (secondary N) is 1. The SMILES string of the molecule is CCC1(C)CC(OC(=O)c2ccc(C(C)(C)C)cc2)C(C)C(C)(CCc2ccccc2)N1. The molecule has 0 aromatic heterocycles. The van der Waals surface area contributed by atoms with Crippen molar-refractivity contribution in [1.82, 2.24) is 5.32 Å². The van der Waals surface area contributed by atoms with Gasteiger partial charge in [0.25, 0.3) is 0 Å². The third kappa shape index (κ3) is 5.61. The van der Waals surface area contributed by atoms with Gasteiger partial charge in [-0.05, 0) is 61.8 Å². The lowest BCUT2D eigenvalue weighted by Crippen LogP contribution is -2.66. The van der Waals surface area contributed by atoms with Gasteiger partial charge in [-0.15, -0.1) is 0 Å². The van der Waals surface area contributed by atoms with E-state index in [9.17, 15) is 4.79 Å². The minimum Gasteiger partial charge on any atom is -0.458 e. The molecule has 0 amide bonds. The standard InChI is InChI=1S/C29H41NO2/c1-8-28(6)20-25(32-26(31)23-14-16-24(17-15-23)27(3,4)5)21(2)29(7,30-28)19-18-22-12-10-9-11-13-22/h9-17,21,25,30H,8,18-20H2,1-7H3. The maximum atomic E-state index is 13.1. The van der Waals surface area contributed by atoms with Crippen LogP contribution >= 0.6 is 0 Å². The second-order valence-corrected chi connectivity index (χ2v) is 11.2. The predicted molar refractivity (Wildman–Crippen MR) is 133 cm³/mol. The molecular formula is C29H41NO2. The topological polar surface area (TPSA) is 38.3 Å². The molecule has 3 nitrogen and oxygen atoms in total. The monoisotopic (exact) mass is 435 g/mol. The zero-order valence-electron chi connectivity index (χ0n) is 21.0. The van der Waals surface area contributed by atoms with Crippen LogP contribution in [0, 0.1) is 5.92 Å². The number of benzene rings is 2. The molecule has 1 N–H and O–H groups in total. The Balaban J connectivity index is 1.76. The van der Waals surface area contributed by atoms with E-state index in [-0.39, 0.29) is 34.5 Å². The van der Waals surface area contributed by atoms with Crippen molar-refractivity contribution in [1.29, 1.82) is 0 Å². The first-order valence-corrected chi connectivity index (χ1v) is 12.1. The summed E-state index contributed by atoms with van der Waals surface area (Å²) in [6, 6.07) is 18.5. The highest BCUT2D eigenvalue weighted by Crippen LogP contribution is 2.40. The van der Waals surface area contributed by atoms with E-state index in [1.165, 1.54) is 11.1 Å². The average molecular weight is 436 g/mol. The van der Waals surface area contributed by atoms with Crippen LogP contribution in [0.25, 0.3) is 0 Å². The van der Waals surface area contributed by atoms with E-state index >= 15 is 0 Å². The molecule has 0 spiro atoms. The molecule has 3 heteroatoms. The molecule has 1 heterocycles. The molecule has 4 unspecified atom stereocenters. The summed E-state index contributed by atoms with van der Waals surface area (Å²) in [5.41, 5.74) is 3.09. The number of piperidine rings is 1. The van der Waals surface area contributed by atoms with Gasteiger partial charge in [0, 0.05) is 23.4 Å². The van der Waals surface area contributed by atoms with E-state index in [1.807, 2.05) is 24.3 Å². The molecule has 0 saturated carbocycles. The Morgan fingerprint density at radius 1 is 1.06 bits per heavy atom. The summed E-state index contributed by atoms with van der Waals surface area (Å²) in [7, 11) is 0. The molecule has 2 aromatic rings. The van der Waals surface area contributed by atoms with E-state index in [2.05, 4.69) is 84.1 Å². The predicted octanol–water partition coefficient (Wildman–Crippen LogP) is 6.70. The van der Waals surface area contributed by atoms with E-state index in [4.69, 9.17) is 4.74 Å². The van der Waals surface area contributed by atoms with Crippen LogP contribution in [0.15, 0.2) is 54.6 Å². The molecule has 174 valence electrons. The lowest BCUT2D eigenvalue weighted by Gasteiger charge is -2.53. The number of carbonyl (C=O) groups is 1. The normalized spacial score (nSPS) is 28.3. The molecule has 1 saturated heterocycles. The quantitative estimate of drug-likeness (QED) is 0.513. The van der Waals surface area contributed by atoms with Gasteiger partial charge >= 0.3 is 5.97 Å². The molecule has 2 aromatic carbocycles. The minimum absolute atomic E-state index is 0.0566. The van der Waals surface area contributed by atoms with Crippen molar-refractivity contribution in [3.63, 3.8) is 0 Å². The Kier molecular flexibility index (Phi) is 7.19. The summed E-state index contributed by atoms with van der Waals surface area (Å²) in [6.45, 7) is 15.5. The molecule has 0 bridgehead atoms. The third-order valence-corrected chi connectivity index (χ3v) is 7.60. The number of hydrogen-bond donors (Lipinski definition) is 1. The Labute approximate surface area is 195 Å². The van der Waals surface area contributed by atoms with Crippen LogP contribution in [0.4, 0.5) is 0 Å². The Bertz CT molecular complexity index is 899. The van der Waals surface area contributed by atoms with Gasteiger partial charge in [0.05, 0.1) is 5.56 Å². The van der Waals surface area contributed by atoms with Crippen molar-refractivity contribution in [2.75, 3.05) is 0 Å². The lowest BCUT2D eigenvalue weighted by atomic mass is 9.69. The number of hydrogen-bond acceptors (Lipinski definition) is 3. The second-order valence-electron chi connectivity index (χ2n) is 11.2. The zero-order valence-corrected chi connectivity index (χ0v) is 21.0. The number of ether oxygens (including phenoxy) is 1. The van der Waals surface area contributed by atoms with Gasteiger partial charge in [-0.3, -0.25) is 0 Å². The van der Waals surface area contributed by atoms with Gasteiger partial charge in [0.2, 0.25) is 0 Å². The van der Waals surface area contributed by atoms with Crippen molar-refractivity contribution in [2.24, 2.45) is 5.92 Å².